The minimum absolute atomic E-state index is 0.833. The number of hydrogen-bond donors (Lipinski definition) is 0. The van der Waals surface area contributed by atoms with E-state index in [1.165, 1.54) is 77.0 Å². The molecule has 0 nitrogen and oxygen atoms in total. The second-order valence-corrected chi connectivity index (χ2v) is 11.2. The molecule has 0 aromatic carbocycles. The van der Waals surface area contributed by atoms with Crippen molar-refractivity contribution in [3.8, 4) is 0 Å². The lowest BCUT2D eigenvalue weighted by molar-refractivity contribution is 0.194. The van der Waals surface area contributed by atoms with E-state index in [4.69, 9.17) is 0 Å². The lowest BCUT2D eigenvalue weighted by Gasteiger charge is -2.33. The normalized spacial score (nSPS) is 32.7. The van der Waals surface area contributed by atoms with E-state index in [1.807, 2.05) is 0 Å². The molecule has 4 saturated carbocycles. The Morgan fingerprint density at radius 1 is 0.481 bits per heavy atom. The zero-order valence-electron chi connectivity index (χ0n) is 18.1. The van der Waals surface area contributed by atoms with Crippen LogP contribution in [0.25, 0.3) is 0 Å². The second kappa shape index (κ2) is 9.98. The first kappa shape index (κ1) is 20.0. The first-order chi connectivity index (χ1) is 13.3. The molecule has 0 saturated heterocycles. The Hall–Kier alpha value is -0.260. The zero-order valence-corrected chi connectivity index (χ0v) is 18.1. The lowest BCUT2D eigenvalue weighted by Crippen LogP contribution is -2.20. The van der Waals surface area contributed by atoms with Gasteiger partial charge in [0.2, 0.25) is 0 Å². The summed E-state index contributed by atoms with van der Waals surface area (Å²) < 4.78 is 0. The smallest absolute Gasteiger partial charge is 0.0292 e. The van der Waals surface area contributed by atoms with E-state index in [1.54, 1.807) is 51.4 Å². The largest absolute Gasteiger partial charge is 0.0883 e. The Balaban J connectivity index is 1.11. The van der Waals surface area contributed by atoms with E-state index in [2.05, 4.69) is 12.2 Å². The van der Waals surface area contributed by atoms with Crippen molar-refractivity contribution in [1.29, 1.82) is 0 Å². The van der Waals surface area contributed by atoms with Crippen molar-refractivity contribution >= 4 is 0 Å². The Labute approximate surface area is 170 Å². The van der Waals surface area contributed by atoms with Crippen LogP contribution in [0.1, 0.15) is 128 Å². The summed E-state index contributed by atoms with van der Waals surface area (Å²) in [6.45, 7) is 0. The molecule has 0 atom stereocenters. The van der Waals surface area contributed by atoms with Crippen molar-refractivity contribution in [1.82, 2.24) is 0 Å². The molecular weight excluding hydrogens is 324 g/mol. The van der Waals surface area contributed by atoms with E-state index >= 15 is 0 Å². The van der Waals surface area contributed by atoms with E-state index in [0.29, 0.717) is 0 Å². The average molecular weight is 371 g/mol. The lowest BCUT2D eigenvalue weighted by atomic mass is 9.73. The summed E-state index contributed by atoms with van der Waals surface area (Å²) in [7, 11) is 0. The van der Waals surface area contributed by atoms with Gasteiger partial charge in [-0.15, -0.1) is 0 Å². The highest BCUT2D eigenvalue weighted by atomic mass is 14.5. The van der Waals surface area contributed by atoms with Gasteiger partial charge in [-0.1, -0.05) is 89.2 Å². The van der Waals surface area contributed by atoms with Crippen LogP contribution in [0.4, 0.5) is 0 Å². The molecule has 4 aliphatic carbocycles. The molecule has 0 radical (unpaired) electrons. The molecule has 4 rings (SSSR count). The van der Waals surface area contributed by atoms with Crippen molar-refractivity contribution in [3.05, 3.63) is 12.2 Å². The molecule has 0 bridgehead atoms. The molecule has 154 valence electrons. The Kier molecular flexibility index (Phi) is 7.40. The third kappa shape index (κ3) is 6.37. The fourth-order valence-electron chi connectivity index (χ4n) is 6.96. The van der Waals surface area contributed by atoms with Crippen LogP contribution in [-0.2, 0) is 0 Å². The molecule has 0 unspecified atom stereocenters. The molecule has 0 aromatic rings. The topological polar surface area (TPSA) is 0 Å². The molecule has 0 aliphatic heterocycles. The minimum atomic E-state index is 0.833. The Morgan fingerprint density at radius 3 is 1.41 bits per heavy atom. The molecular formula is C27H46. The maximum absolute atomic E-state index is 2.56. The van der Waals surface area contributed by atoms with Crippen molar-refractivity contribution in [2.45, 2.75) is 128 Å². The summed E-state index contributed by atoms with van der Waals surface area (Å²) in [6.07, 6.45) is 35.5. The van der Waals surface area contributed by atoms with Gasteiger partial charge in [0.05, 0.1) is 0 Å². The third-order valence-electron chi connectivity index (χ3n) is 8.92. The predicted molar refractivity (Wildman–Crippen MR) is 118 cm³/mol. The Bertz CT molecular complexity index is 437. The van der Waals surface area contributed by atoms with Crippen LogP contribution in [0.5, 0.6) is 0 Å². The van der Waals surface area contributed by atoms with Gasteiger partial charge in [0.1, 0.15) is 0 Å². The summed E-state index contributed by atoms with van der Waals surface area (Å²) in [5.74, 6) is 4.22. The molecule has 0 heteroatoms. The summed E-state index contributed by atoms with van der Waals surface area (Å²) >= 11 is 0. The highest BCUT2D eigenvalue weighted by Crippen LogP contribution is 2.58. The van der Waals surface area contributed by atoms with E-state index < -0.39 is 0 Å². The fourth-order valence-corrected chi connectivity index (χ4v) is 6.96. The van der Waals surface area contributed by atoms with E-state index in [0.717, 1.165) is 29.1 Å². The van der Waals surface area contributed by atoms with E-state index in [-0.39, 0.29) is 0 Å². The van der Waals surface area contributed by atoms with Crippen molar-refractivity contribution in [2.24, 2.45) is 29.1 Å². The highest BCUT2D eigenvalue weighted by molar-refractivity contribution is 4.97. The van der Waals surface area contributed by atoms with Gasteiger partial charge >= 0.3 is 0 Å². The van der Waals surface area contributed by atoms with Gasteiger partial charge in [0, 0.05) is 0 Å². The molecule has 0 spiro atoms. The molecule has 4 aliphatic rings. The molecule has 4 fully saturated rings. The predicted octanol–water partition coefficient (Wildman–Crippen LogP) is 8.85. The van der Waals surface area contributed by atoms with Gasteiger partial charge in [-0.2, -0.15) is 0 Å². The third-order valence-corrected chi connectivity index (χ3v) is 8.92. The fraction of sp³-hybridized carbons (Fsp3) is 0.926. The van der Waals surface area contributed by atoms with Gasteiger partial charge in [-0.05, 0) is 80.5 Å². The van der Waals surface area contributed by atoms with Gasteiger partial charge < -0.3 is 0 Å². The van der Waals surface area contributed by atoms with E-state index in [9.17, 15) is 0 Å². The van der Waals surface area contributed by atoms with Crippen molar-refractivity contribution < 1.29 is 0 Å². The first-order valence-corrected chi connectivity index (χ1v) is 13.0. The quantitative estimate of drug-likeness (QED) is 0.374. The second-order valence-electron chi connectivity index (χ2n) is 11.2. The molecule has 0 aromatic heterocycles. The minimum Gasteiger partial charge on any atom is -0.0883 e. The summed E-state index contributed by atoms with van der Waals surface area (Å²) in [6, 6.07) is 0. The van der Waals surface area contributed by atoms with Gasteiger partial charge in [-0.25, -0.2) is 0 Å². The summed E-state index contributed by atoms with van der Waals surface area (Å²) in [5.41, 5.74) is 0.833. The van der Waals surface area contributed by atoms with Crippen LogP contribution in [0, 0.1) is 29.1 Å². The van der Waals surface area contributed by atoms with Gasteiger partial charge in [0.15, 0.2) is 0 Å². The van der Waals surface area contributed by atoms with Crippen molar-refractivity contribution in [2.75, 3.05) is 0 Å². The van der Waals surface area contributed by atoms with Crippen LogP contribution in [0.2, 0.25) is 0 Å². The maximum atomic E-state index is 2.56. The standard InChI is InChI=1S/C27H46/c1-3-9-23(10-4-1)11-7-8-12-24-15-17-26(18-16-24)22-27(19-20-27)21-25-13-5-2-6-14-25/h7-8,23-26H,1-6,9-22H2/b8-7+. The SMILES string of the molecule is C(=C\CC1CCC(CC2(CC3CCCCC3)CC2)CC1)/CC1CCCCC1. The van der Waals surface area contributed by atoms with Crippen LogP contribution in [0.3, 0.4) is 0 Å². The molecule has 0 N–H and O–H groups in total. The monoisotopic (exact) mass is 370 g/mol. The first-order valence-electron chi connectivity index (χ1n) is 13.0. The highest BCUT2D eigenvalue weighted by Gasteiger charge is 2.45. The summed E-state index contributed by atoms with van der Waals surface area (Å²) in [4.78, 5) is 0. The molecule has 0 heterocycles. The summed E-state index contributed by atoms with van der Waals surface area (Å²) in [5, 5.41) is 0. The maximum Gasteiger partial charge on any atom is -0.0292 e. The average Bonchev–Trinajstić information content (AvgIpc) is 3.47. The Morgan fingerprint density at radius 2 is 0.889 bits per heavy atom. The van der Waals surface area contributed by atoms with Crippen LogP contribution in [0.15, 0.2) is 12.2 Å². The number of allylic oxidation sites excluding steroid dienone is 2. The zero-order chi connectivity index (χ0) is 18.4. The van der Waals surface area contributed by atoms with Crippen LogP contribution in [-0.4, -0.2) is 0 Å². The van der Waals surface area contributed by atoms with Crippen LogP contribution < -0.4 is 0 Å². The van der Waals surface area contributed by atoms with Gasteiger partial charge in [-0.3, -0.25) is 0 Å². The van der Waals surface area contributed by atoms with Gasteiger partial charge in [0.25, 0.3) is 0 Å². The van der Waals surface area contributed by atoms with Crippen LogP contribution >= 0.6 is 0 Å². The molecule has 27 heavy (non-hydrogen) atoms. The van der Waals surface area contributed by atoms with Crippen molar-refractivity contribution in [3.63, 3.8) is 0 Å². The molecule has 0 amide bonds. The number of rotatable bonds is 8. The number of hydrogen-bond acceptors (Lipinski definition) is 0.